The number of thioether (sulfide) groups is 1. The molecule has 126 valence electrons. The minimum Gasteiger partial charge on any atom is -0.412 e. The van der Waals surface area contributed by atoms with Gasteiger partial charge in [0, 0.05) is 11.4 Å². The van der Waals surface area contributed by atoms with Crippen LogP contribution in [0.25, 0.3) is 11.2 Å². The maximum Gasteiger partial charge on any atom is 0.433 e. The number of alkyl halides is 3. The SMILES string of the molecule is NCc1ccc(C(=O)CSc2nc3ccc(C(F)(F)F)nc3o2)s1. The molecule has 3 aromatic heterocycles. The average molecular weight is 373 g/mol. The molecule has 0 unspecified atom stereocenters. The van der Waals surface area contributed by atoms with Gasteiger partial charge in [-0.3, -0.25) is 4.79 Å². The number of ketones is 1. The third-order valence-electron chi connectivity index (χ3n) is 2.99. The van der Waals surface area contributed by atoms with E-state index in [4.69, 9.17) is 10.2 Å². The number of rotatable bonds is 5. The van der Waals surface area contributed by atoms with Crippen molar-refractivity contribution in [3.8, 4) is 0 Å². The van der Waals surface area contributed by atoms with E-state index in [0.29, 0.717) is 11.4 Å². The number of oxazole rings is 1. The Hall–Kier alpha value is -1.91. The first-order valence-electron chi connectivity index (χ1n) is 6.66. The summed E-state index contributed by atoms with van der Waals surface area (Å²) >= 11 is 2.32. The summed E-state index contributed by atoms with van der Waals surface area (Å²) in [6, 6.07) is 5.50. The summed E-state index contributed by atoms with van der Waals surface area (Å²) in [5, 5.41) is 0.0979. The summed E-state index contributed by atoms with van der Waals surface area (Å²) in [4.78, 5) is 20.9. The lowest BCUT2D eigenvalue weighted by atomic mass is 10.3. The molecule has 5 nitrogen and oxygen atoms in total. The van der Waals surface area contributed by atoms with Gasteiger partial charge < -0.3 is 10.2 Å². The Morgan fingerprint density at radius 3 is 2.71 bits per heavy atom. The summed E-state index contributed by atoms with van der Waals surface area (Å²) in [5.74, 6) is -0.0698. The number of pyridine rings is 1. The molecule has 0 amide bonds. The Labute approximate surface area is 142 Å². The Balaban J connectivity index is 1.72. The number of nitrogens with two attached hydrogens (primary N) is 1. The summed E-state index contributed by atoms with van der Waals surface area (Å²) in [6.07, 6.45) is -4.55. The molecule has 3 rings (SSSR count). The predicted molar refractivity (Wildman–Crippen MR) is 84.1 cm³/mol. The second-order valence-corrected chi connectivity index (χ2v) is 6.78. The Bertz CT molecular complexity index is 889. The first-order chi connectivity index (χ1) is 11.4. The van der Waals surface area contributed by atoms with Crippen LogP contribution < -0.4 is 5.73 Å². The van der Waals surface area contributed by atoms with Crippen molar-refractivity contribution < 1.29 is 22.4 Å². The van der Waals surface area contributed by atoms with Gasteiger partial charge in [0.2, 0.25) is 5.71 Å². The molecule has 0 aliphatic rings. The van der Waals surface area contributed by atoms with Crippen LogP contribution in [0, 0.1) is 0 Å². The molecule has 0 aliphatic heterocycles. The molecule has 0 saturated heterocycles. The number of hydrogen-bond donors (Lipinski definition) is 1. The number of hydrogen-bond acceptors (Lipinski definition) is 7. The molecule has 0 saturated carbocycles. The van der Waals surface area contributed by atoms with Crippen molar-refractivity contribution in [2.75, 3.05) is 5.75 Å². The highest BCUT2D eigenvalue weighted by Crippen LogP contribution is 2.30. The molecule has 0 fully saturated rings. The van der Waals surface area contributed by atoms with Crippen LogP contribution in [0.5, 0.6) is 0 Å². The normalized spacial score (nSPS) is 12.0. The first-order valence-corrected chi connectivity index (χ1v) is 8.46. The summed E-state index contributed by atoms with van der Waals surface area (Å²) < 4.78 is 43.0. The van der Waals surface area contributed by atoms with Gasteiger partial charge in [-0.15, -0.1) is 11.3 Å². The third-order valence-corrected chi connectivity index (χ3v) is 4.97. The quantitative estimate of drug-likeness (QED) is 0.542. The van der Waals surface area contributed by atoms with Crippen molar-refractivity contribution in [1.82, 2.24) is 9.97 Å². The molecule has 0 aromatic carbocycles. The molecule has 24 heavy (non-hydrogen) atoms. The van der Waals surface area contributed by atoms with Gasteiger partial charge in [0.25, 0.3) is 5.22 Å². The van der Waals surface area contributed by atoms with E-state index in [2.05, 4.69) is 9.97 Å². The van der Waals surface area contributed by atoms with E-state index >= 15 is 0 Å². The Kier molecular flexibility index (Phi) is 4.61. The topological polar surface area (TPSA) is 82.0 Å². The van der Waals surface area contributed by atoms with E-state index in [9.17, 15) is 18.0 Å². The van der Waals surface area contributed by atoms with Crippen molar-refractivity contribution >= 4 is 40.1 Å². The van der Waals surface area contributed by atoms with Crippen molar-refractivity contribution in [1.29, 1.82) is 0 Å². The molecule has 0 bridgehead atoms. The van der Waals surface area contributed by atoms with Crippen LogP contribution in [0.15, 0.2) is 33.9 Å². The molecule has 0 spiro atoms. The van der Waals surface area contributed by atoms with E-state index in [1.165, 1.54) is 17.4 Å². The second-order valence-electron chi connectivity index (χ2n) is 4.68. The summed E-state index contributed by atoms with van der Waals surface area (Å²) in [7, 11) is 0. The number of carbonyl (C=O) groups excluding carboxylic acids is 1. The number of halogens is 3. The van der Waals surface area contributed by atoms with Crippen LogP contribution in [0.2, 0.25) is 0 Å². The smallest absolute Gasteiger partial charge is 0.412 e. The van der Waals surface area contributed by atoms with Gasteiger partial charge in [0.05, 0.1) is 10.6 Å². The van der Waals surface area contributed by atoms with Gasteiger partial charge in [-0.1, -0.05) is 11.8 Å². The third kappa shape index (κ3) is 3.60. The van der Waals surface area contributed by atoms with Crippen LogP contribution in [0.1, 0.15) is 20.2 Å². The van der Waals surface area contributed by atoms with Crippen molar-refractivity contribution in [2.45, 2.75) is 17.9 Å². The lowest BCUT2D eigenvalue weighted by Crippen LogP contribution is -2.07. The lowest BCUT2D eigenvalue weighted by Gasteiger charge is -2.03. The van der Waals surface area contributed by atoms with E-state index in [1.54, 1.807) is 12.1 Å². The molecule has 3 aromatic rings. The molecule has 0 atom stereocenters. The fraction of sp³-hybridized carbons (Fsp3) is 0.214. The van der Waals surface area contributed by atoms with Crippen LogP contribution in [-0.4, -0.2) is 21.5 Å². The number of fused-ring (bicyclic) bond motifs is 1. The fourth-order valence-electron chi connectivity index (χ4n) is 1.85. The van der Waals surface area contributed by atoms with Gasteiger partial charge in [-0.25, -0.2) is 9.97 Å². The van der Waals surface area contributed by atoms with Gasteiger partial charge in [0.1, 0.15) is 11.2 Å². The number of aromatic nitrogens is 2. The maximum atomic E-state index is 12.6. The molecular formula is C14H10F3N3O2S2. The highest BCUT2D eigenvalue weighted by atomic mass is 32.2. The highest BCUT2D eigenvalue weighted by Gasteiger charge is 2.33. The minimum atomic E-state index is -4.55. The number of Topliss-reactive ketones (excluding diaryl/α,β-unsaturated/α-hetero) is 1. The standard InChI is InChI=1S/C14H10F3N3O2S2/c15-14(16,17)11-4-2-8-12(20-11)22-13(19-8)23-6-9(21)10-3-1-7(5-18)24-10/h1-4H,5-6,18H2. The first kappa shape index (κ1) is 16.9. The van der Waals surface area contributed by atoms with Gasteiger partial charge in [0.15, 0.2) is 5.78 Å². The summed E-state index contributed by atoms with van der Waals surface area (Å²) in [6.45, 7) is 0.365. The number of thiophene rings is 1. The lowest BCUT2D eigenvalue weighted by molar-refractivity contribution is -0.141. The van der Waals surface area contributed by atoms with E-state index in [-0.39, 0.29) is 28.0 Å². The molecule has 3 heterocycles. The Morgan fingerprint density at radius 1 is 1.25 bits per heavy atom. The molecule has 0 radical (unpaired) electrons. The molecular weight excluding hydrogens is 363 g/mol. The Morgan fingerprint density at radius 2 is 2.04 bits per heavy atom. The zero-order chi connectivity index (χ0) is 17.3. The minimum absolute atomic E-state index is 0.0590. The van der Waals surface area contributed by atoms with Crippen LogP contribution in [-0.2, 0) is 12.7 Å². The molecule has 10 heteroatoms. The monoisotopic (exact) mass is 373 g/mol. The zero-order valence-electron chi connectivity index (χ0n) is 12.0. The molecule has 0 aliphatic carbocycles. The number of nitrogens with zero attached hydrogens (tertiary/aromatic N) is 2. The van der Waals surface area contributed by atoms with Crippen molar-refractivity contribution in [3.63, 3.8) is 0 Å². The van der Waals surface area contributed by atoms with Gasteiger partial charge in [-0.05, 0) is 24.3 Å². The van der Waals surface area contributed by atoms with Crippen LogP contribution in [0.3, 0.4) is 0 Å². The number of carbonyl (C=O) groups is 1. The molecule has 2 N–H and O–H groups in total. The fourth-order valence-corrected chi connectivity index (χ4v) is 3.48. The highest BCUT2D eigenvalue weighted by molar-refractivity contribution is 7.99. The maximum absolute atomic E-state index is 12.6. The largest absolute Gasteiger partial charge is 0.433 e. The van der Waals surface area contributed by atoms with E-state index < -0.39 is 11.9 Å². The van der Waals surface area contributed by atoms with E-state index in [0.717, 1.165) is 22.7 Å². The van der Waals surface area contributed by atoms with Crippen molar-refractivity contribution in [3.05, 3.63) is 39.7 Å². The predicted octanol–water partition coefficient (Wildman–Crippen LogP) is 3.74. The van der Waals surface area contributed by atoms with Crippen molar-refractivity contribution in [2.24, 2.45) is 5.73 Å². The zero-order valence-corrected chi connectivity index (χ0v) is 13.6. The van der Waals surface area contributed by atoms with Gasteiger partial charge >= 0.3 is 6.18 Å². The van der Waals surface area contributed by atoms with Gasteiger partial charge in [-0.2, -0.15) is 13.2 Å². The second kappa shape index (κ2) is 6.54. The summed E-state index contributed by atoms with van der Waals surface area (Å²) in [5.41, 5.74) is 4.45. The van der Waals surface area contributed by atoms with E-state index in [1.807, 2.05) is 0 Å². The average Bonchev–Trinajstić information content (AvgIpc) is 3.17. The van der Waals surface area contributed by atoms with Crippen LogP contribution in [0.4, 0.5) is 13.2 Å². The van der Waals surface area contributed by atoms with Crippen LogP contribution >= 0.6 is 23.1 Å².